The van der Waals surface area contributed by atoms with E-state index in [0.29, 0.717) is 9.54 Å². The second-order valence-electron chi connectivity index (χ2n) is 1.90. The maximum Gasteiger partial charge on any atom is 0.174 e. The monoisotopic (exact) mass is 218 g/mol. The largest absolute Gasteiger partial charge is 0.412 e. The number of rotatable bonds is 0. The average Bonchev–Trinajstić information content (AvgIpc) is 2.63. The summed E-state index contributed by atoms with van der Waals surface area (Å²) in [5.74, 6) is 0. The molecule has 2 rings (SSSR count). The van der Waals surface area contributed by atoms with E-state index in [9.17, 15) is 0 Å². The lowest BCUT2D eigenvalue weighted by Gasteiger charge is -1.56. The van der Waals surface area contributed by atoms with Crippen molar-refractivity contribution < 1.29 is 5.48 Å². The van der Waals surface area contributed by atoms with Crippen molar-refractivity contribution >= 4 is 24.4 Å². The molecule has 72 valence electrons. The summed E-state index contributed by atoms with van der Waals surface area (Å²) < 4.78 is 1.35. The topological polar surface area (TPSA) is 94.7 Å². The molecule has 0 unspecified atom stereocenters. The molecule has 7 heteroatoms. The van der Waals surface area contributed by atoms with Gasteiger partial charge in [0.15, 0.2) is 9.54 Å². The number of H-pyrrole nitrogens is 4. The first-order valence-electron chi connectivity index (χ1n) is 3.23. The third-order valence-corrected chi connectivity index (χ3v) is 1.50. The van der Waals surface area contributed by atoms with Gasteiger partial charge in [-0.3, -0.25) is 0 Å². The van der Waals surface area contributed by atoms with Crippen LogP contribution in [0.5, 0.6) is 0 Å². The molecule has 0 aromatic carbocycles. The first-order chi connectivity index (χ1) is 5.79. The zero-order chi connectivity index (χ0) is 8.81. The Bertz CT molecular complexity index is 338. The normalized spacial score (nSPS) is 8.00. The molecular formula is C6H10N4OS2. The van der Waals surface area contributed by atoms with E-state index in [0.717, 1.165) is 0 Å². The molecule has 0 saturated carbocycles. The molecule has 6 N–H and O–H groups in total. The number of hydrogen-bond donors (Lipinski definition) is 4. The molecule has 0 spiro atoms. The molecule has 0 fully saturated rings. The summed E-state index contributed by atoms with van der Waals surface area (Å²) in [4.78, 5) is 11.0. The summed E-state index contributed by atoms with van der Waals surface area (Å²) in [6, 6.07) is 0. The molecular weight excluding hydrogens is 208 g/mol. The quantitative estimate of drug-likeness (QED) is 0.502. The van der Waals surface area contributed by atoms with Crippen molar-refractivity contribution in [3.8, 4) is 0 Å². The van der Waals surface area contributed by atoms with Crippen LogP contribution in [0.3, 0.4) is 0 Å². The Labute approximate surface area is 84.6 Å². The van der Waals surface area contributed by atoms with Crippen LogP contribution in [-0.4, -0.2) is 25.4 Å². The van der Waals surface area contributed by atoms with Crippen molar-refractivity contribution in [2.24, 2.45) is 0 Å². The molecule has 0 amide bonds. The van der Waals surface area contributed by atoms with E-state index in [1.54, 1.807) is 24.8 Å². The van der Waals surface area contributed by atoms with Crippen LogP contribution in [0.1, 0.15) is 0 Å². The predicted octanol–water partition coefficient (Wildman–Crippen LogP) is 1.32. The Morgan fingerprint density at radius 1 is 0.692 bits per heavy atom. The van der Waals surface area contributed by atoms with Crippen LogP contribution < -0.4 is 0 Å². The first-order valence-corrected chi connectivity index (χ1v) is 4.05. The molecule has 0 bridgehead atoms. The van der Waals surface area contributed by atoms with Crippen molar-refractivity contribution in [2.75, 3.05) is 0 Å². The van der Waals surface area contributed by atoms with Crippen molar-refractivity contribution in [1.82, 2.24) is 19.9 Å². The van der Waals surface area contributed by atoms with Crippen LogP contribution in [0.15, 0.2) is 24.8 Å². The minimum absolute atomic E-state index is 0. The van der Waals surface area contributed by atoms with Gasteiger partial charge in [-0.25, -0.2) is 0 Å². The highest BCUT2D eigenvalue weighted by Gasteiger charge is 1.65. The highest BCUT2D eigenvalue weighted by Crippen LogP contribution is 1.73. The van der Waals surface area contributed by atoms with E-state index >= 15 is 0 Å². The fourth-order valence-corrected chi connectivity index (χ4v) is 0.825. The smallest absolute Gasteiger partial charge is 0.174 e. The molecule has 0 atom stereocenters. The highest BCUT2D eigenvalue weighted by molar-refractivity contribution is 7.71. The van der Waals surface area contributed by atoms with E-state index < -0.39 is 0 Å². The van der Waals surface area contributed by atoms with E-state index in [1.807, 2.05) is 0 Å². The second kappa shape index (κ2) is 6.35. The Morgan fingerprint density at radius 2 is 0.923 bits per heavy atom. The number of hydrogen-bond acceptors (Lipinski definition) is 2. The molecule has 0 radical (unpaired) electrons. The van der Waals surface area contributed by atoms with Crippen LogP contribution in [0, 0.1) is 9.54 Å². The zero-order valence-corrected chi connectivity index (χ0v) is 8.26. The number of imidazole rings is 2. The SMILES string of the molecule is O.S=c1[nH]cc[nH]1.S=c1[nH]cc[nH]1. The molecule has 2 heterocycles. The Hall–Kier alpha value is -1.18. The van der Waals surface area contributed by atoms with Crippen molar-refractivity contribution in [2.45, 2.75) is 0 Å². The summed E-state index contributed by atoms with van der Waals surface area (Å²) in [6.45, 7) is 0. The fourth-order valence-electron chi connectivity index (χ4n) is 0.553. The molecule has 0 aliphatic rings. The summed E-state index contributed by atoms with van der Waals surface area (Å²) in [5.41, 5.74) is 0. The third-order valence-electron chi connectivity index (χ3n) is 1.02. The summed E-state index contributed by atoms with van der Waals surface area (Å²) in [7, 11) is 0. The lowest BCUT2D eigenvalue weighted by molar-refractivity contribution is 0.824. The maximum absolute atomic E-state index is 4.63. The Morgan fingerprint density at radius 3 is 1.00 bits per heavy atom. The minimum atomic E-state index is 0. The fraction of sp³-hybridized carbons (Fsp3) is 0. The van der Waals surface area contributed by atoms with Gasteiger partial charge in [-0.1, -0.05) is 0 Å². The average molecular weight is 218 g/mol. The number of aromatic nitrogens is 4. The molecule has 2 aromatic heterocycles. The summed E-state index contributed by atoms with van der Waals surface area (Å²) in [6.07, 6.45) is 7.01. The van der Waals surface area contributed by atoms with Crippen molar-refractivity contribution in [3.63, 3.8) is 0 Å². The van der Waals surface area contributed by atoms with E-state index in [-0.39, 0.29) is 5.48 Å². The summed E-state index contributed by atoms with van der Waals surface area (Å²) >= 11 is 9.27. The Balaban J connectivity index is 0.000000206. The van der Waals surface area contributed by atoms with E-state index in [4.69, 9.17) is 0 Å². The lowest BCUT2D eigenvalue weighted by atomic mass is 11.0. The van der Waals surface area contributed by atoms with Gasteiger partial charge in [-0.15, -0.1) is 0 Å². The maximum atomic E-state index is 4.63. The van der Waals surface area contributed by atoms with E-state index in [2.05, 4.69) is 44.4 Å². The third kappa shape index (κ3) is 5.12. The lowest BCUT2D eigenvalue weighted by Crippen LogP contribution is -1.54. The van der Waals surface area contributed by atoms with Crippen LogP contribution in [0.4, 0.5) is 0 Å². The van der Waals surface area contributed by atoms with Gasteiger partial charge in [0.2, 0.25) is 0 Å². The van der Waals surface area contributed by atoms with Crippen LogP contribution in [-0.2, 0) is 0 Å². The second-order valence-corrected chi connectivity index (χ2v) is 2.72. The van der Waals surface area contributed by atoms with E-state index in [1.165, 1.54) is 0 Å². The standard InChI is InChI=1S/2C3H4N2S.H2O/c2*6-3-4-1-2-5-3;/h2*1-2H,(H2,4,5,6);1H2. The molecule has 13 heavy (non-hydrogen) atoms. The van der Waals surface area contributed by atoms with Gasteiger partial charge in [-0.2, -0.15) is 0 Å². The van der Waals surface area contributed by atoms with Gasteiger partial charge in [0.1, 0.15) is 0 Å². The van der Waals surface area contributed by atoms with Crippen molar-refractivity contribution in [3.05, 3.63) is 34.3 Å². The molecule has 2 aromatic rings. The van der Waals surface area contributed by atoms with Crippen LogP contribution >= 0.6 is 24.4 Å². The van der Waals surface area contributed by atoms with Gasteiger partial charge in [0, 0.05) is 24.8 Å². The molecule has 5 nitrogen and oxygen atoms in total. The van der Waals surface area contributed by atoms with Crippen LogP contribution in [0.25, 0.3) is 0 Å². The van der Waals surface area contributed by atoms with Crippen LogP contribution in [0.2, 0.25) is 0 Å². The molecule has 0 aliphatic heterocycles. The zero-order valence-electron chi connectivity index (χ0n) is 6.63. The van der Waals surface area contributed by atoms with Gasteiger partial charge in [0.05, 0.1) is 0 Å². The van der Waals surface area contributed by atoms with Gasteiger partial charge >= 0.3 is 0 Å². The van der Waals surface area contributed by atoms with Gasteiger partial charge in [-0.05, 0) is 24.4 Å². The van der Waals surface area contributed by atoms with Crippen molar-refractivity contribution in [1.29, 1.82) is 0 Å². The first kappa shape index (κ1) is 11.8. The Kier molecular flexibility index (Phi) is 5.77. The highest BCUT2D eigenvalue weighted by atomic mass is 32.1. The molecule has 0 saturated heterocycles. The van der Waals surface area contributed by atoms with Gasteiger partial charge in [0.25, 0.3) is 0 Å². The van der Waals surface area contributed by atoms with Gasteiger partial charge < -0.3 is 25.4 Å². The minimum Gasteiger partial charge on any atom is -0.412 e. The predicted molar refractivity (Wildman–Crippen MR) is 55.6 cm³/mol. The molecule has 0 aliphatic carbocycles. The number of nitrogens with one attached hydrogen (secondary N) is 4. The summed E-state index contributed by atoms with van der Waals surface area (Å²) in [5, 5.41) is 0. The number of aromatic amines is 4.